The van der Waals surface area contributed by atoms with Gasteiger partial charge in [-0.15, -0.1) is 0 Å². The Bertz CT molecular complexity index is 314. The van der Waals surface area contributed by atoms with Crippen molar-refractivity contribution in [1.29, 1.82) is 0 Å². The molecule has 0 bridgehead atoms. The van der Waals surface area contributed by atoms with E-state index in [1.165, 1.54) is 0 Å². The summed E-state index contributed by atoms with van der Waals surface area (Å²) in [4.78, 5) is 12.2. The van der Waals surface area contributed by atoms with Crippen LogP contribution in [-0.2, 0) is 11.3 Å². The average Bonchev–Trinajstić information content (AvgIpc) is 2.26. The van der Waals surface area contributed by atoms with Crippen LogP contribution in [0.3, 0.4) is 0 Å². The van der Waals surface area contributed by atoms with Gasteiger partial charge in [0.05, 0.1) is 0 Å². The first-order valence-electron chi connectivity index (χ1n) is 4.76. The van der Waals surface area contributed by atoms with Gasteiger partial charge in [-0.05, 0) is 12.5 Å². The van der Waals surface area contributed by atoms with Crippen molar-refractivity contribution in [2.75, 3.05) is 6.54 Å². The van der Waals surface area contributed by atoms with Gasteiger partial charge in [-0.2, -0.15) is 0 Å². The highest BCUT2D eigenvalue weighted by Crippen LogP contribution is 2.10. The third-order valence-corrected chi connectivity index (χ3v) is 2.47. The van der Waals surface area contributed by atoms with Crippen molar-refractivity contribution in [1.82, 2.24) is 4.90 Å². The lowest BCUT2D eigenvalue weighted by atomic mass is 10.2. The van der Waals surface area contributed by atoms with E-state index in [4.69, 9.17) is 23.2 Å². The molecule has 0 atom stereocenters. The Labute approximate surface area is 99.8 Å². The van der Waals surface area contributed by atoms with Gasteiger partial charge in [0, 0.05) is 13.1 Å². The molecule has 0 aliphatic heterocycles. The zero-order valence-electron chi connectivity index (χ0n) is 8.49. The van der Waals surface area contributed by atoms with E-state index < -0.39 is 4.84 Å². The topological polar surface area (TPSA) is 20.3 Å². The largest absolute Gasteiger partial charge is 0.336 e. The van der Waals surface area contributed by atoms with Gasteiger partial charge in [0.15, 0.2) is 4.84 Å². The summed E-state index contributed by atoms with van der Waals surface area (Å²) in [6.45, 7) is 3.05. The summed E-state index contributed by atoms with van der Waals surface area (Å²) < 4.78 is 0. The molecule has 0 saturated carbocycles. The molecule has 1 rings (SSSR count). The number of carbonyl (C=O) groups excluding carboxylic acids is 1. The van der Waals surface area contributed by atoms with E-state index >= 15 is 0 Å². The zero-order valence-corrected chi connectivity index (χ0v) is 10.0. The molecule has 0 aliphatic rings. The van der Waals surface area contributed by atoms with Crippen LogP contribution in [0.1, 0.15) is 12.5 Å². The molecule has 82 valence electrons. The van der Waals surface area contributed by atoms with E-state index in [0.717, 1.165) is 5.56 Å². The fourth-order valence-electron chi connectivity index (χ4n) is 1.29. The summed E-state index contributed by atoms with van der Waals surface area (Å²) in [6, 6.07) is 9.74. The van der Waals surface area contributed by atoms with Crippen LogP contribution in [0.5, 0.6) is 0 Å². The second kappa shape index (κ2) is 5.99. The Morgan fingerprint density at radius 1 is 1.33 bits per heavy atom. The quantitative estimate of drug-likeness (QED) is 0.748. The van der Waals surface area contributed by atoms with Gasteiger partial charge in [-0.25, -0.2) is 0 Å². The molecule has 0 spiro atoms. The van der Waals surface area contributed by atoms with E-state index in [1.807, 2.05) is 37.3 Å². The maximum Gasteiger partial charge on any atom is 0.256 e. The van der Waals surface area contributed by atoms with E-state index in [-0.39, 0.29) is 5.91 Å². The van der Waals surface area contributed by atoms with E-state index in [0.29, 0.717) is 13.1 Å². The summed E-state index contributed by atoms with van der Waals surface area (Å²) in [5, 5.41) is 0. The number of hydrogen-bond donors (Lipinski definition) is 0. The number of hydrogen-bond acceptors (Lipinski definition) is 1. The maximum absolute atomic E-state index is 11.5. The molecule has 1 amide bonds. The molecule has 15 heavy (non-hydrogen) atoms. The maximum atomic E-state index is 11.5. The van der Waals surface area contributed by atoms with E-state index in [9.17, 15) is 4.79 Å². The third-order valence-electron chi connectivity index (χ3n) is 2.10. The highest BCUT2D eigenvalue weighted by Gasteiger charge is 2.18. The average molecular weight is 246 g/mol. The number of amides is 1. The Balaban J connectivity index is 2.66. The van der Waals surface area contributed by atoms with Crippen LogP contribution in [0.25, 0.3) is 0 Å². The van der Waals surface area contributed by atoms with Crippen molar-refractivity contribution < 1.29 is 4.79 Å². The van der Waals surface area contributed by atoms with Gasteiger partial charge in [0.1, 0.15) is 0 Å². The van der Waals surface area contributed by atoms with Gasteiger partial charge in [0.25, 0.3) is 5.91 Å². The lowest BCUT2D eigenvalue weighted by molar-refractivity contribution is -0.129. The molecule has 1 aromatic carbocycles. The van der Waals surface area contributed by atoms with Crippen molar-refractivity contribution in [2.24, 2.45) is 0 Å². The van der Waals surface area contributed by atoms with Gasteiger partial charge >= 0.3 is 0 Å². The van der Waals surface area contributed by atoms with Crippen LogP contribution in [0.4, 0.5) is 0 Å². The first-order chi connectivity index (χ1) is 7.15. The van der Waals surface area contributed by atoms with E-state index in [1.54, 1.807) is 4.90 Å². The number of benzene rings is 1. The van der Waals surface area contributed by atoms with Crippen LogP contribution < -0.4 is 0 Å². The van der Waals surface area contributed by atoms with Gasteiger partial charge in [0.2, 0.25) is 0 Å². The van der Waals surface area contributed by atoms with Crippen molar-refractivity contribution >= 4 is 29.1 Å². The normalized spacial score (nSPS) is 10.4. The second-order valence-electron chi connectivity index (χ2n) is 3.14. The lowest BCUT2D eigenvalue weighted by Crippen LogP contribution is -2.34. The number of halogens is 2. The predicted molar refractivity (Wildman–Crippen MR) is 63.0 cm³/mol. The molecule has 0 heterocycles. The molecule has 0 N–H and O–H groups in total. The fourth-order valence-corrected chi connectivity index (χ4v) is 1.56. The minimum Gasteiger partial charge on any atom is -0.336 e. The van der Waals surface area contributed by atoms with E-state index in [2.05, 4.69) is 0 Å². The Hall–Kier alpha value is -0.730. The van der Waals surface area contributed by atoms with Crippen molar-refractivity contribution in [2.45, 2.75) is 18.3 Å². The molecule has 0 unspecified atom stereocenters. The van der Waals surface area contributed by atoms with Crippen LogP contribution in [0, 0.1) is 0 Å². The highest BCUT2D eigenvalue weighted by atomic mass is 35.5. The molecule has 0 fully saturated rings. The van der Waals surface area contributed by atoms with Crippen molar-refractivity contribution in [3.8, 4) is 0 Å². The van der Waals surface area contributed by atoms with Crippen molar-refractivity contribution in [3.05, 3.63) is 35.9 Å². The molecular formula is C11H13Cl2NO. The molecule has 0 radical (unpaired) electrons. The van der Waals surface area contributed by atoms with Gasteiger partial charge in [-0.3, -0.25) is 4.79 Å². The van der Waals surface area contributed by atoms with Crippen LogP contribution in [0.15, 0.2) is 30.3 Å². The van der Waals surface area contributed by atoms with Crippen LogP contribution in [0.2, 0.25) is 0 Å². The van der Waals surface area contributed by atoms with Crippen LogP contribution in [-0.4, -0.2) is 22.2 Å². The second-order valence-corrected chi connectivity index (χ2v) is 4.23. The number of nitrogens with zero attached hydrogens (tertiary/aromatic N) is 1. The fraction of sp³-hybridized carbons (Fsp3) is 0.364. The van der Waals surface area contributed by atoms with Crippen LogP contribution >= 0.6 is 23.2 Å². The molecule has 1 aromatic rings. The van der Waals surface area contributed by atoms with Crippen molar-refractivity contribution in [3.63, 3.8) is 0 Å². The van der Waals surface area contributed by atoms with Gasteiger partial charge < -0.3 is 4.90 Å². The molecule has 0 aromatic heterocycles. The first-order valence-corrected chi connectivity index (χ1v) is 5.63. The number of rotatable bonds is 4. The molecule has 0 saturated heterocycles. The first kappa shape index (κ1) is 12.3. The number of carbonyl (C=O) groups is 1. The number of alkyl halides is 2. The third kappa shape index (κ3) is 3.73. The lowest BCUT2D eigenvalue weighted by Gasteiger charge is -2.21. The SMILES string of the molecule is CCN(Cc1ccccc1)C(=O)C(Cl)Cl. The minimum atomic E-state index is -0.978. The summed E-state index contributed by atoms with van der Waals surface area (Å²) in [5.41, 5.74) is 1.07. The molecule has 2 nitrogen and oxygen atoms in total. The molecular weight excluding hydrogens is 233 g/mol. The zero-order chi connectivity index (χ0) is 11.3. The Kier molecular flexibility index (Phi) is 4.92. The molecule has 4 heteroatoms. The summed E-state index contributed by atoms with van der Waals surface area (Å²) in [5.74, 6) is -0.246. The smallest absolute Gasteiger partial charge is 0.256 e. The summed E-state index contributed by atoms with van der Waals surface area (Å²) in [6.07, 6.45) is 0. The van der Waals surface area contributed by atoms with Gasteiger partial charge in [-0.1, -0.05) is 53.5 Å². The monoisotopic (exact) mass is 245 g/mol. The summed E-state index contributed by atoms with van der Waals surface area (Å²) >= 11 is 11.1. The molecule has 0 aliphatic carbocycles. The Morgan fingerprint density at radius 3 is 2.40 bits per heavy atom. The Morgan fingerprint density at radius 2 is 1.93 bits per heavy atom. The summed E-state index contributed by atoms with van der Waals surface area (Å²) in [7, 11) is 0. The minimum absolute atomic E-state index is 0.246. The standard InChI is InChI=1S/C11H13Cl2NO/c1-2-14(11(15)10(12)13)8-9-6-4-3-5-7-9/h3-7,10H,2,8H2,1H3. The predicted octanol–water partition coefficient (Wildman–Crippen LogP) is 2.84. The highest BCUT2D eigenvalue weighted by molar-refractivity contribution is 6.53.